The van der Waals surface area contributed by atoms with E-state index in [1.807, 2.05) is 24.3 Å². The molecule has 0 amide bonds. The predicted octanol–water partition coefficient (Wildman–Crippen LogP) is 1.55. The molecule has 1 heterocycles. The highest BCUT2D eigenvalue weighted by molar-refractivity contribution is 5.32. The first kappa shape index (κ1) is 15.3. The fourth-order valence-electron chi connectivity index (χ4n) is 2.75. The van der Waals surface area contributed by atoms with Gasteiger partial charge in [0.15, 0.2) is 0 Å². The molecule has 0 saturated carbocycles. The van der Waals surface area contributed by atoms with Crippen LogP contribution in [0, 0.1) is 0 Å². The van der Waals surface area contributed by atoms with Crippen LogP contribution in [0.5, 0.6) is 5.75 Å². The average molecular weight is 277 g/mol. The standard InChI is InChI=1S/C16H27N3O/c1-3-15-13-19(9-8-18(15)2)10-11-20-16-7-5-4-6-14(16)12-17/h4-7,15H,3,8-13,17H2,1-2H3. The molecule has 1 saturated heterocycles. The van der Waals surface area contributed by atoms with Crippen LogP contribution in [0.1, 0.15) is 18.9 Å². The van der Waals surface area contributed by atoms with E-state index in [0.717, 1.165) is 44.1 Å². The van der Waals surface area contributed by atoms with Crippen LogP contribution in [0.3, 0.4) is 0 Å². The van der Waals surface area contributed by atoms with E-state index in [1.165, 1.54) is 6.42 Å². The fraction of sp³-hybridized carbons (Fsp3) is 0.625. The van der Waals surface area contributed by atoms with E-state index < -0.39 is 0 Å². The zero-order valence-electron chi connectivity index (χ0n) is 12.7. The normalized spacial score (nSPS) is 21.1. The Bertz CT molecular complexity index is 410. The maximum absolute atomic E-state index is 5.89. The lowest BCUT2D eigenvalue weighted by molar-refractivity contribution is 0.0823. The fourth-order valence-corrected chi connectivity index (χ4v) is 2.75. The van der Waals surface area contributed by atoms with Crippen molar-refractivity contribution in [2.24, 2.45) is 5.73 Å². The van der Waals surface area contributed by atoms with Crippen LogP contribution >= 0.6 is 0 Å². The average Bonchev–Trinajstić information content (AvgIpc) is 2.49. The van der Waals surface area contributed by atoms with Gasteiger partial charge >= 0.3 is 0 Å². The van der Waals surface area contributed by atoms with Crippen molar-refractivity contribution in [2.45, 2.75) is 25.9 Å². The summed E-state index contributed by atoms with van der Waals surface area (Å²) in [6.45, 7) is 7.95. The summed E-state index contributed by atoms with van der Waals surface area (Å²) in [4.78, 5) is 4.96. The zero-order chi connectivity index (χ0) is 14.4. The van der Waals surface area contributed by atoms with Crippen LogP contribution < -0.4 is 10.5 Å². The molecule has 2 rings (SSSR count). The van der Waals surface area contributed by atoms with Crippen molar-refractivity contribution in [3.8, 4) is 5.75 Å². The Labute approximate surface area is 122 Å². The minimum absolute atomic E-state index is 0.530. The van der Waals surface area contributed by atoms with Crippen molar-refractivity contribution >= 4 is 0 Å². The molecule has 1 aromatic carbocycles. The number of nitrogens with zero attached hydrogens (tertiary/aromatic N) is 2. The van der Waals surface area contributed by atoms with Crippen LogP contribution in [-0.4, -0.2) is 55.7 Å². The van der Waals surface area contributed by atoms with Crippen molar-refractivity contribution in [3.63, 3.8) is 0 Å². The monoisotopic (exact) mass is 277 g/mol. The predicted molar refractivity (Wildman–Crippen MR) is 83.0 cm³/mol. The molecule has 1 aromatic rings. The van der Waals surface area contributed by atoms with Crippen molar-refractivity contribution in [1.29, 1.82) is 0 Å². The number of ether oxygens (including phenoxy) is 1. The highest BCUT2D eigenvalue weighted by Gasteiger charge is 2.22. The van der Waals surface area contributed by atoms with Gasteiger partial charge in [0.2, 0.25) is 0 Å². The first-order valence-corrected chi connectivity index (χ1v) is 7.58. The molecule has 0 radical (unpaired) electrons. The summed E-state index contributed by atoms with van der Waals surface area (Å²) in [6.07, 6.45) is 1.21. The Morgan fingerprint density at radius 2 is 2.10 bits per heavy atom. The van der Waals surface area contributed by atoms with E-state index in [-0.39, 0.29) is 0 Å². The number of benzene rings is 1. The number of hydrogen-bond donors (Lipinski definition) is 1. The van der Waals surface area contributed by atoms with Crippen LogP contribution in [0.25, 0.3) is 0 Å². The first-order chi connectivity index (χ1) is 9.74. The Hall–Kier alpha value is -1.10. The molecule has 1 aliphatic rings. The van der Waals surface area contributed by atoms with Gasteiger partial charge in [0.05, 0.1) is 0 Å². The SMILES string of the molecule is CCC1CN(CCOc2ccccc2CN)CCN1C. The van der Waals surface area contributed by atoms with Gasteiger partial charge in [0.25, 0.3) is 0 Å². The summed E-state index contributed by atoms with van der Waals surface area (Å²) in [6, 6.07) is 8.71. The number of piperazine rings is 1. The van der Waals surface area contributed by atoms with Crippen LogP contribution in [0.15, 0.2) is 24.3 Å². The molecule has 0 spiro atoms. The number of rotatable bonds is 6. The molecule has 2 N–H and O–H groups in total. The maximum Gasteiger partial charge on any atom is 0.123 e. The summed E-state index contributed by atoms with van der Waals surface area (Å²) >= 11 is 0. The van der Waals surface area contributed by atoms with E-state index >= 15 is 0 Å². The lowest BCUT2D eigenvalue weighted by atomic mass is 10.1. The molecule has 1 unspecified atom stereocenters. The third-order valence-electron chi connectivity index (χ3n) is 4.19. The molecule has 1 aliphatic heterocycles. The van der Waals surface area contributed by atoms with Gasteiger partial charge in [-0.05, 0) is 19.5 Å². The largest absolute Gasteiger partial charge is 0.492 e. The van der Waals surface area contributed by atoms with Crippen molar-refractivity contribution in [1.82, 2.24) is 9.80 Å². The van der Waals surface area contributed by atoms with Gasteiger partial charge in [-0.25, -0.2) is 0 Å². The second kappa shape index (κ2) is 7.62. The van der Waals surface area contributed by atoms with E-state index in [2.05, 4.69) is 23.8 Å². The molecule has 20 heavy (non-hydrogen) atoms. The molecule has 112 valence electrons. The first-order valence-electron chi connectivity index (χ1n) is 7.58. The molecule has 4 nitrogen and oxygen atoms in total. The smallest absolute Gasteiger partial charge is 0.123 e. The van der Waals surface area contributed by atoms with E-state index in [4.69, 9.17) is 10.5 Å². The molecule has 0 aromatic heterocycles. The lowest BCUT2D eigenvalue weighted by Crippen LogP contribution is -2.51. The van der Waals surface area contributed by atoms with E-state index in [9.17, 15) is 0 Å². The third kappa shape index (κ3) is 3.95. The number of likely N-dealkylation sites (N-methyl/N-ethyl adjacent to an activating group) is 1. The van der Waals surface area contributed by atoms with Gasteiger partial charge in [-0.3, -0.25) is 4.90 Å². The Morgan fingerprint density at radius 3 is 2.85 bits per heavy atom. The number of hydrogen-bond acceptors (Lipinski definition) is 4. The molecule has 0 aliphatic carbocycles. The summed E-state index contributed by atoms with van der Waals surface area (Å²) in [5.74, 6) is 0.927. The number of para-hydroxylation sites is 1. The van der Waals surface area contributed by atoms with Crippen molar-refractivity contribution < 1.29 is 4.74 Å². The van der Waals surface area contributed by atoms with Gasteiger partial charge < -0.3 is 15.4 Å². The molecule has 1 fully saturated rings. The third-order valence-corrected chi connectivity index (χ3v) is 4.19. The Morgan fingerprint density at radius 1 is 1.30 bits per heavy atom. The zero-order valence-corrected chi connectivity index (χ0v) is 12.7. The molecular weight excluding hydrogens is 250 g/mol. The molecule has 1 atom stereocenters. The van der Waals surface area contributed by atoms with Gasteiger partial charge in [-0.2, -0.15) is 0 Å². The lowest BCUT2D eigenvalue weighted by Gasteiger charge is -2.39. The van der Waals surface area contributed by atoms with Crippen LogP contribution in [0.2, 0.25) is 0 Å². The summed E-state index contributed by atoms with van der Waals surface area (Å²) in [7, 11) is 2.22. The van der Waals surface area contributed by atoms with Crippen LogP contribution in [-0.2, 0) is 6.54 Å². The molecular formula is C16H27N3O. The summed E-state index contributed by atoms with van der Waals surface area (Å²) in [5.41, 5.74) is 6.80. The second-order valence-corrected chi connectivity index (χ2v) is 5.50. The van der Waals surface area contributed by atoms with Gasteiger partial charge in [-0.1, -0.05) is 25.1 Å². The van der Waals surface area contributed by atoms with Crippen LogP contribution in [0.4, 0.5) is 0 Å². The molecule has 0 bridgehead atoms. The van der Waals surface area contributed by atoms with Gasteiger partial charge in [0.1, 0.15) is 12.4 Å². The van der Waals surface area contributed by atoms with Crippen molar-refractivity contribution in [2.75, 3.05) is 39.8 Å². The van der Waals surface area contributed by atoms with Gasteiger partial charge in [0, 0.05) is 44.3 Å². The minimum Gasteiger partial charge on any atom is -0.492 e. The Kier molecular flexibility index (Phi) is 5.83. The number of nitrogens with two attached hydrogens (primary N) is 1. The van der Waals surface area contributed by atoms with E-state index in [0.29, 0.717) is 12.6 Å². The molecule has 4 heteroatoms. The summed E-state index contributed by atoms with van der Waals surface area (Å²) < 4.78 is 5.89. The maximum atomic E-state index is 5.89. The van der Waals surface area contributed by atoms with Crippen molar-refractivity contribution in [3.05, 3.63) is 29.8 Å². The minimum atomic E-state index is 0.530. The van der Waals surface area contributed by atoms with E-state index in [1.54, 1.807) is 0 Å². The van der Waals surface area contributed by atoms with Gasteiger partial charge in [-0.15, -0.1) is 0 Å². The highest BCUT2D eigenvalue weighted by atomic mass is 16.5. The Balaban J connectivity index is 1.78. The summed E-state index contributed by atoms with van der Waals surface area (Å²) in [5, 5.41) is 0. The highest BCUT2D eigenvalue weighted by Crippen LogP contribution is 2.17. The topological polar surface area (TPSA) is 41.7 Å². The second-order valence-electron chi connectivity index (χ2n) is 5.50. The quantitative estimate of drug-likeness (QED) is 0.856.